The molecule has 0 aromatic heterocycles. The van der Waals surface area contributed by atoms with Gasteiger partial charge in [-0.3, -0.25) is 14.7 Å². The van der Waals surface area contributed by atoms with Crippen LogP contribution in [0.15, 0.2) is 60.7 Å². The maximum absolute atomic E-state index is 5.19. The van der Waals surface area contributed by atoms with Crippen molar-refractivity contribution in [2.45, 2.75) is 57.3 Å². The summed E-state index contributed by atoms with van der Waals surface area (Å²) in [6.45, 7) is 17.2. The third-order valence-electron chi connectivity index (χ3n) is 12.1. The molecule has 1 saturated carbocycles. The van der Waals surface area contributed by atoms with Crippen LogP contribution in [0.5, 0.6) is 0 Å². The number of halogens is 1. The monoisotopic (exact) mass is 769 g/mol. The Labute approximate surface area is 318 Å². The van der Waals surface area contributed by atoms with E-state index in [9.17, 15) is 0 Å². The van der Waals surface area contributed by atoms with Gasteiger partial charge in [-0.15, -0.1) is 0 Å². The summed E-state index contributed by atoms with van der Waals surface area (Å²) >= 11 is 3.18. The molecule has 0 unspecified atom stereocenters. The van der Waals surface area contributed by atoms with Gasteiger partial charge in [0.2, 0.25) is 0 Å². The minimum absolute atomic E-state index is 0.761. The molecule has 51 heavy (non-hydrogen) atoms. The Balaban J connectivity index is 0.000000142. The summed E-state index contributed by atoms with van der Waals surface area (Å²) in [5.74, 6) is 3.85. The van der Waals surface area contributed by atoms with Crippen LogP contribution in [0.1, 0.15) is 43.2 Å². The van der Waals surface area contributed by atoms with Gasteiger partial charge in [0.25, 0.3) is 0 Å². The molecule has 8 rings (SSSR count). The molecule has 2 aromatic carbocycles. The zero-order chi connectivity index (χ0) is 35.7. The van der Waals surface area contributed by atoms with Crippen LogP contribution in [0.4, 0.5) is 0 Å². The quantitative estimate of drug-likeness (QED) is 0.276. The van der Waals surface area contributed by atoms with E-state index in [0.717, 1.165) is 87.1 Å². The Bertz CT molecular complexity index is 1180. The van der Waals surface area contributed by atoms with Crippen LogP contribution in [0.25, 0.3) is 0 Å². The Kier molecular flexibility index (Phi) is 18.2. The third kappa shape index (κ3) is 12.9. The lowest BCUT2D eigenvalue weighted by molar-refractivity contribution is 0.149. The molecule has 0 bridgehead atoms. The van der Waals surface area contributed by atoms with Crippen LogP contribution in [0, 0.1) is 23.7 Å². The summed E-state index contributed by atoms with van der Waals surface area (Å²) in [7, 11) is 5.26. The Morgan fingerprint density at radius 2 is 1.10 bits per heavy atom. The molecule has 9 heteroatoms. The summed E-state index contributed by atoms with van der Waals surface area (Å²) in [6, 6.07) is 23.2. The largest absolute Gasteiger partial charge is 0.384 e. The number of alkyl halides is 1. The van der Waals surface area contributed by atoms with Crippen molar-refractivity contribution in [2.24, 2.45) is 23.7 Å². The summed E-state index contributed by atoms with van der Waals surface area (Å²) in [5.41, 5.74) is 2.89. The second kappa shape index (κ2) is 22.7. The molecule has 2 aromatic rings. The average molecular weight is 771 g/mol. The number of likely N-dealkylation sites (tertiary alicyclic amines) is 4. The standard InChI is InChI=1S/C16H24N2O.C13H18N2.C10H19NO.C3H7BrO/c1-19-10-9-17-12-15-7-8-18(16(15)13-17)11-14-5-3-2-4-6-14;1-2-4-11(5-3-1)10-15-7-6-12-8-14-9-13(12)15;1-12-6-5-11-7-9-3-2-4-10(9)8-11;1-5-3-2-4/h2-6,15-16H,7-13H2,1H3;1-5,12-14H,6-10H2;9-10H,2-8H2,1H3;2-3H2,1H3/t15-,16+;12-,13+;9-,10+;/m00../s1. The number of ether oxygens (including phenoxy) is 3. The van der Waals surface area contributed by atoms with Gasteiger partial charge >= 0.3 is 0 Å². The lowest BCUT2D eigenvalue weighted by atomic mass is 10.0. The number of nitrogens with one attached hydrogen (secondary N) is 1. The Hall–Kier alpha value is -1.40. The van der Waals surface area contributed by atoms with E-state index in [1.165, 1.54) is 95.6 Å². The van der Waals surface area contributed by atoms with Gasteiger partial charge in [0.1, 0.15) is 0 Å². The van der Waals surface area contributed by atoms with Gasteiger partial charge < -0.3 is 24.4 Å². The fourth-order valence-corrected chi connectivity index (χ4v) is 9.64. The Morgan fingerprint density at radius 1 is 0.588 bits per heavy atom. The molecule has 1 aliphatic carbocycles. The Morgan fingerprint density at radius 3 is 1.63 bits per heavy atom. The highest BCUT2D eigenvalue weighted by Gasteiger charge is 2.41. The van der Waals surface area contributed by atoms with Crippen LogP contribution in [-0.4, -0.2) is 144 Å². The summed E-state index contributed by atoms with van der Waals surface area (Å²) < 4.78 is 14.9. The minimum atomic E-state index is 0.761. The fraction of sp³-hybridized carbons (Fsp3) is 0.714. The van der Waals surface area contributed by atoms with E-state index < -0.39 is 0 Å². The van der Waals surface area contributed by atoms with Gasteiger partial charge in [-0.2, -0.15) is 0 Å². The number of benzene rings is 2. The van der Waals surface area contributed by atoms with Crippen molar-refractivity contribution < 1.29 is 14.2 Å². The van der Waals surface area contributed by atoms with Crippen molar-refractivity contribution >= 4 is 15.9 Å². The zero-order valence-electron chi connectivity index (χ0n) is 32.0. The van der Waals surface area contributed by atoms with E-state index in [1.54, 1.807) is 21.3 Å². The smallest absolute Gasteiger partial charge is 0.0589 e. The molecular weight excluding hydrogens is 702 g/mol. The van der Waals surface area contributed by atoms with Crippen molar-refractivity contribution in [2.75, 3.05) is 112 Å². The maximum atomic E-state index is 5.19. The molecule has 6 fully saturated rings. The second-order valence-corrected chi connectivity index (χ2v) is 16.2. The average Bonchev–Trinajstić information content (AvgIpc) is 4.01. The van der Waals surface area contributed by atoms with Crippen molar-refractivity contribution in [3.05, 3.63) is 71.8 Å². The van der Waals surface area contributed by atoms with Gasteiger partial charge in [-0.1, -0.05) is 83.0 Å². The number of nitrogens with zero attached hydrogens (tertiary/aromatic N) is 4. The SMILES string of the molecule is COCCBr.COCCN1C[C@@H]2CCN(Cc3ccccc3)[C@@H]2C1.COCCN1C[C@H]2CCC[C@H]2C1.c1ccc(CN2CC[C@H]3CNC[C@H]32)cc1. The lowest BCUT2D eigenvalue weighted by Gasteiger charge is -2.24. The lowest BCUT2D eigenvalue weighted by Crippen LogP contribution is -2.35. The molecule has 0 radical (unpaired) electrons. The van der Waals surface area contributed by atoms with Crippen LogP contribution < -0.4 is 5.32 Å². The molecule has 6 atom stereocenters. The zero-order valence-corrected chi connectivity index (χ0v) is 33.6. The van der Waals surface area contributed by atoms with Crippen molar-refractivity contribution in [3.8, 4) is 0 Å². The maximum Gasteiger partial charge on any atom is 0.0589 e. The third-order valence-corrected chi connectivity index (χ3v) is 12.4. The normalized spacial score (nSPS) is 28.6. The predicted octanol–water partition coefficient (Wildman–Crippen LogP) is 5.71. The molecule has 286 valence electrons. The summed E-state index contributed by atoms with van der Waals surface area (Å²) in [6.07, 6.45) is 7.18. The molecule has 5 saturated heterocycles. The van der Waals surface area contributed by atoms with E-state index in [-0.39, 0.29) is 0 Å². The summed E-state index contributed by atoms with van der Waals surface area (Å²) in [4.78, 5) is 10.4. The van der Waals surface area contributed by atoms with Gasteiger partial charge in [-0.25, -0.2) is 0 Å². The molecule has 1 N–H and O–H groups in total. The number of rotatable bonds is 12. The molecular formula is C42H68BrN5O3. The van der Waals surface area contributed by atoms with Gasteiger partial charge in [-0.05, 0) is 80.1 Å². The van der Waals surface area contributed by atoms with E-state index in [2.05, 4.69) is 106 Å². The predicted molar refractivity (Wildman–Crippen MR) is 213 cm³/mol. The van der Waals surface area contributed by atoms with E-state index in [4.69, 9.17) is 9.47 Å². The first-order valence-electron chi connectivity index (χ1n) is 19.9. The molecule has 8 nitrogen and oxygen atoms in total. The topological polar surface area (TPSA) is 52.7 Å². The second-order valence-electron chi connectivity index (χ2n) is 15.4. The van der Waals surface area contributed by atoms with E-state index >= 15 is 0 Å². The highest BCUT2D eigenvalue weighted by molar-refractivity contribution is 9.09. The van der Waals surface area contributed by atoms with E-state index in [1.807, 2.05) is 0 Å². The highest BCUT2D eigenvalue weighted by atomic mass is 79.9. The molecule has 6 aliphatic rings. The number of fused-ring (bicyclic) bond motifs is 3. The first-order chi connectivity index (χ1) is 25.1. The van der Waals surface area contributed by atoms with Crippen LogP contribution >= 0.6 is 15.9 Å². The first-order valence-corrected chi connectivity index (χ1v) is 21.0. The minimum Gasteiger partial charge on any atom is -0.384 e. The molecule has 5 aliphatic heterocycles. The van der Waals surface area contributed by atoms with Crippen molar-refractivity contribution in [1.29, 1.82) is 0 Å². The molecule has 0 amide bonds. The van der Waals surface area contributed by atoms with Gasteiger partial charge in [0, 0.05) is 97.6 Å². The highest BCUT2D eigenvalue weighted by Crippen LogP contribution is 2.37. The fourth-order valence-electron chi connectivity index (χ4n) is 9.32. The molecule has 0 spiro atoms. The van der Waals surface area contributed by atoms with Crippen molar-refractivity contribution in [3.63, 3.8) is 0 Å². The van der Waals surface area contributed by atoms with Gasteiger partial charge in [0.05, 0.1) is 19.8 Å². The van der Waals surface area contributed by atoms with Crippen LogP contribution in [0.3, 0.4) is 0 Å². The van der Waals surface area contributed by atoms with Crippen molar-refractivity contribution in [1.82, 2.24) is 24.9 Å². The molecule has 5 heterocycles. The summed E-state index contributed by atoms with van der Waals surface area (Å²) in [5, 5.41) is 4.43. The van der Waals surface area contributed by atoms with E-state index in [0.29, 0.717) is 0 Å². The first kappa shape index (κ1) is 40.8. The van der Waals surface area contributed by atoms with Gasteiger partial charge in [0.15, 0.2) is 0 Å². The number of hydrogen-bond acceptors (Lipinski definition) is 8. The van der Waals surface area contributed by atoms with Crippen LogP contribution in [0.2, 0.25) is 0 Å². The van der Waals surface area contributed by atoms with Crippen LogP contribution in [-0.2, 0) is 27.3 Å². The number of methoxy groups -OCH3 is 3. The number of hydrogen-bond donors (Lipinski definition) is 1.